The van der Waals surface area contributed by atoms with E-state index < -0.39 is 0 Å². The van der Waals surface area contributed by atoms with E-state index in [0.29, 0.717) is 17.6 Å². The average molecular weight is 706 g/mol. The lowest BCUT2D eigenvalue weighted by molar-refractivity contribution is 0.477. The van der Waals surface area contributed by atoms with Crippen molar-refractivity contribution in [2.75, 3.05) is 4.90 Å². The Balaban J connectivity index is 1.05. The second kappa shape index (κ2) is 12.5. The lowest BCUT2D eigenvalue weighted by Gasteiger charge is -2.32. The van der Waals surface area contributed by atoms with Crippen molar-refractivity contribution in [1.82, 2.24) is 19.5 Å². The van der Waals surface area contributed by atoms with Gasteiger partial charge in [-0.25, -0.2) is 4.98 Å². The maximum absolute atomic E-state index is 6.25. The number of benzene rings is 8. The fraction of sp³-hybridized carbons (Fsp3) is 0. The predicted molar refractivity (Wildman–Crippen MR) is 223 cm³/mol. The molecular weight excluding hydrogens is 675 g/mol. The molecule has 55 heavy (non-hydrogen) atoms. The zero-order valence-electron chi connectivity index (χ0n) is 29.5. The van der Waals surface area contributed by atoms with Crippen LogP contribution in [0, 0.1) is 0 Å². The van der Waals surface area contributed by atoms with E-state index in [-0.39, 0.29) is 0 Å². The molecule has 10 aromatic rings. The van der Waals surface area contributed by atoms with Crippen molar-refractivity contribution >= 4 is 49.6 Å². The van der Waals surface area contributed by atoms with Crippen LogP contribution in [0.2, 0.25) is 0 Å². The molecule has 0 fully saturated rings. The van der Waals surface area contributed by atoms with Gasteiger partial charge in [0.05, 0.1) is 22.4 Å². The van der Waals surface area contributed by atoms with Crippen LogP contribution in [0.1, 0.15) is 0 Å². The van der Waals surface area contributed by atoms with Gasteiger partial charge in [0, 0.05) is 27.6 Å². The lowest BCUT2D eigenvalue weighted by Crippen LogP contribution is -2.15. The van der Waals surface area contributed by atoms with Gasteiger partial charge in [-0.15, -0.1) is 0 Å². The second-order valence-corrected chi connectivity index (χ2v) is 13.7. The Bertz CT molecular complexity index is 3030. The van der Waals surface area contributed by atoms with Gasteiger partial charge in [-0.3, -0.25) is 4.57 Å². The van der Waals surface area contributed by atoms with Crippen molar-refractivity contribution in [3.63, 3.8) is 0 Å². The van der Waals surface area contributed by atoms with Crippen LogP contribution < -0.4 is 9.64 Å². The second-order valence-electron chi connectivity index (χ2n) is 13.7. The number of para-hydroxylation sites is 5. The van der Waals surface area contributed by atoms with E-state index in [1.54, 1.807) is 0 Å². The summed E-state index contributed by atoms with van der Waals surface area (Å²) >= 11 is 0. The van der Waals surface area contributed by atoms with Crippen molar-refractivity contribution in [1.29, 1.82) is 0 Å². The van der Waals surface area contributed by atoms with E-state index in [4.69, 9.17) is 19.7 Å². The number of hydrogen-bond donors (Lipinski definition) is 0. The lowest BCUT2D eigenvalue weighted by atomic mass is 10.0. The normalized spacial score (nSPS) is 12.1. The Hall–Kier alpha value is -7.57. The fourth-order valence-electron chi connectivity index (χ4n) is 7.88. The molecule has 0 saturated carbocycles. The van der Waals surface area contributed by atoms with Crippen molar-refractivity contribution in [3.8, 4) is 51.3 Å². The summed E-state index contributed by atoms with van der Waals surface area (Å²) in [5.74, 6) is 3.51. The molecule has 1 aliphatic rings. The molecule has 0 bridgehead atoms. The van der Waals surface area contributed by atoms with Crippen LogP contribution in [0.15, 0.2) is 188 Å². The molecule has 11 rings (SSSR count). The topological polar surface area (TPSA) is 56.1 Å². The van der Waals surface area contributed by atoms with Crippen molar-refractivity contribution in [2.45, 2.75) is 0 Å². The van der Waals surface area contributed by atoms with Gasteiger partial charge < -0.3 is 9.64 Å². The highest BCUT2D eigenvalue weighted by molar-refractivity contribution is 6.10. The van der Waals surface area contributed by atoms with Crippen LogP contribution in [-0.4, -0.2) is 19.5 Å². The number of rotatable bonds is 5. The Morgan fingerprint density at radius 2 is 1.02 bits per heavy atom. The predicted octanol–water partition coefficient (Wildman–Crippen LogP) is 12.7. The molecular formula is C49H31N5O. The summed E-state index contributed by atoms with van der Waals surface area (Å²) in [7, 11) is 0. The standard InChI is InChI=1S/C49H31N5O/c1-2-14-34(15-3-1)47-50-48(39-19-12-16-33-13-4-5-17-37(33)39)52-49(51-47)54-41-20-7-6-18-38(41)40-31-35(27-30-42(40)54)32-25-28-36(29-26-32)53-43-21-8-10-23-45(43)55-46-24-11-9-22-44(46)53/h1-31H. The van der Waals surface area contributed by atoms with Gasteiger partial charge >= 0.3 is 0 Å². The number of nitrogens with zero attached hydrogens (tertiary/aromatic N) is 5. The summed E-state index contributed by atoms with van der Waals surface area (Å²) in [6, 6.07) is 65.1. The SMILES string of the molecule is c1ccc(-c2nc(-c3cccc4ccccc34)nc(-n3c4ccccc4c4cc(-c5ccc(N6c7ccccc7Oc7ccccc76)cc5)ccc43)n2)cc1. The minimum Gasteiger partial charge on any atom is -0.453 e. The molecule has 3 heterocycles. The molecule has 1 aliphatic heterocycles. The molecule has 6 nitrogen and oxygen atoms in total. The van der Waals surface area contributed by atoms with Crippen LogP contribution in [-0.2, 0) is 0 Å². The number of aromatic nitrogens is 4. The maximum Gasteiger partial charge on any atom is 0.238 e. The first-order valence-corrected chi connectivity index (χ1v) is 18.4. The Kier molecular flexibility index (Phi) is 7.07. The quantitative estimate of drug-likeness (QED) is 0.178. The number of hydrogen-bond acceptors (Lipinski definition) is 5. The fourth-order valence-corrected chi connectivity index (χ4v) is 7.88. The first-order chi connectivity index (χ1) is 27.3. The van der Waals surface area contributed by atoms with E-state index in [9.17, 15) is 0 Å². The Morgan fingerprint density at radius 1 is 0.400 bits per heavy atom. The minimum absolute atomic E-state index is 0.575. The van der Waals surface area contributed by atoms with Gasteiger partial charge in [-0.1, -0.05) is 133 Å². The number of fused-ring (bicyclic) bond motifs is 6. The molecule has 0 radical (unpaired) electrons. The summed E-state index contributed by atoms with van der Waals surface area (Å²) in [4.78, 5) is 17.7. The largest absolute Gasteiger partial charge is 0.453 e. The molecule has 258 valence electrons. The molecule has 0 unspecified atom stereocenters. The molecule has 0 spiro atoms. The Morgan fingerprint density at radius 3 is 1.82 bits per heavy atom. The van der Waals surface area contributed by atoms with E-state index in [1.165, 1.54) is 0 Å². The van der Waals surface area contributed by atoms with Gasteiger partial charge in [0.25, 0.3) is 0 Å². The molecule has 0 saturated heterocycles. The van der Waals surface area contributed by atoms with Gasteiger partial charge in [0.1, 0.15) is 0 Å². The van der Waals surface area contributed by atoms with Gasteiger partial charge in [-0.2, -0.15) is 9.97 Å². The zero-order valence-corrected chi connectivity index (χ0v) is 29.5. The summed E-state index contributed by atoms with van der Waals surface area (Å²) < 4.78 is 8.43. The third kappa shape index (κ3) is 5.15. The molecule has 6 heteroatoms. The van der Waals surface area contributed by atoms with Crippen LogP contribution in [0.4, 0.5) is 17.1 Å². The first kappa shape index (κ1) is 31.0. The average Bonchev–Trinajstić information content (AvgIpc) is 3.59. The smallest absolute Gasteiger partial charge is 0.238 e. The third-order valence-electron chi connectivity index (χ3n) is 10.4. The first-order valence-electron chi connectivity index (χ1n) is 18.4. The van der Waals surface area contributed by atoms with Crippen molar-refractivity contribution in [3.05, 3.63) is 188 Å². The van der Waals surface area contributed by atoms with Crippen LogP contribution >= 0.6 is 0 Å². The summed E-state index contributed by atoms with van der Waals surface area (Å²) in [6.45, 7) is 0. The molecule has 0 aliphatic carbocycles. The molecule has 8 aromatic carbocycles. The van der Waals surface area contributed by atoms with E-state index >= 15 is 0 Å². The highest BCUT2D eigenvalue weighted by Crippen LogP contribution is 2.50. The van der Waals surface area contributed by atoms with Crippen LogP contribution in [0.25, 0.3) is 72.4 Å². The van der Waals surface area contributed by atoms with Crippen LogP contribution in [0.3, 0.4) is 0 Å². The number of anilines is 3. The maximum atomic E-state index is 6.25. The van der Waals surface area contributed by atoms with Gasteiger partial charge in [-0.05, 0) is 76.5 Å². The molecule has 2 aromatic heterocycles. The molecule has 0 atom stereocenters. The third-order valence-corrected chi connectivity index (χ3v) is 10.4. The van der Waals surface area contributed by atoms with E-state index in [2.05, 4.69) is 131 Å². The number of ether oxygens (including phenoxy) is 1. The monoisotopic (exact) mass is 705 g/mol. The Labute approximate surface area is 317 Å². The molecule has 0 amide bonds. The van der Waals surface area contributed by atoms with Gasteiger partial charge in [0.2, 0.25) is 5.95 Å². The summed E-state index contributed by atoms with van der Waals surface area (Å²) in [5.41, 5.74) is 9.30. The highest BCUT2D eigenvalue weighted by atomic mass is 16.5. The van der Waals surface area contributed by atoms with E-state index in [1.807, 2.05) is 66.7 Å². The molecule has 0 N–H and O–H groups in total. The van der Waals surface area contributed by atoms with Gasteiger partial charge in [0.15, 0.2) is 23.1 Å². The summed E-state index contributed by atoms with van der Waals surface area (Å²) in [6.07, 6.45) is 0. The minimum atomic E-state index is 0.575. The summed E-state index contributed by atoms with van der Waals surface area (Å²) in [5, 5.41) is 4.49. The van der Waals surface area contributed by atoms with Crippen molar-refractivity contribution in [2.24, 2.45) is 0 Å². The zero-order chi connectivity index (χ0) is 36.3. The van der Waals surface area contributed by atoms with E-state index in [0.717, 1.165) is 83.4 Å². The highest BCUT2D eigenvalue weighted by Gasteiger charge is 2.25. The van der Waals surface area contributed by atoms with Crippen molar-refractivity contribution < 1.29 is 4.74 Å². The van der Waals surface area contributed by atoms with Crippen LogP contribution in [0.5, 0.6) is 11.5 Å².